The Hall–Kier alpha value is -3.16. The highest BCUT2D eigenvalue weighted by Gasteiger charge is 2.41. The molecule has 2 heterocycles. The summed E-state index contributed by atoms with van der Waals surface area (Å²) in [7, 11) is 1.79. The highest BCUT2D eigenvalue weighted by molar-refractivity contribution is 6.04. The minimum Gasteiger partial charge on any atom is -0.462 e. The van der Waals surface area contributed by atoms with Crippen molar-refractivity contribution in [1.82, 2.24) is 9.97 Å². The molecule has 0 unspecified atom stereocenters. The molecule has 1 amide bonds. The number of hydrogen-bond donors (Lipinski definition) is 1. The maximum atomic E-state index is 13.0. The summed E-state index contributed by atoms with van der Waals surface area (Å²) in [6, 6.07) is 7.15. The molecule has 0 radical (unpaired) electrons. The van der Waals surface area contributed by atoms with Gasteiger partial charge in [-0.05, 0) is 50.5 Å². The summed E-state index contributed by atoms with van der Waals surface area (Å²) in [6.07, 6.45) is 6.97. The Balaban J connectivity index is 1.62. The van der Waals surface area contributed by atoms with Crippen LogP contribution in [-0.4, -0.2) is 47.6 Å². The van der Waals surface area contributed by atoms with Gasteiger partial charge in [0.25, 0.3) is 0 Å². The Bertz CT molecular complexity index is 956. The number of esters is 1. The van der Waals surface area contributed by atoms with Crippen molar-refractivity contribution in [3.8, 4) is 0 Å². The Morgan fingerprint density at radius 1 is 1.19 bits per heavy atom. The molecule has 1 N–H and O–H groups in total. The van der Waals surface area contributed by atoms with Crippen LogP contribution in [0, 0.1) is 0 Å². The Morgan fingerprint density at radius 3 is 2.55 bits per heavy atom. The summed E-state index contributed by atoms with van der Waals surface area (Å²) >= 11 is 0. The van der Waals surface area contributed by atoms with Crippen LogP contribution in [0.15, 0.2) is 30.5 Å². The first-order valence-electron chi connectivity index (χ1n) is 11.0. The van der Waals surface area contributed by atoms with Crippen molar-refractivity contribution in [1.29, 1.82) is 0 Å². The lowest BCUT2D eigenvalue weighted by Gasteiger charge is -2.43. The number of nitrogens with zero attached hydrogens (tertiary/aromatic N) is 4. The third-order valence-electron chi connectivity index (χ3n) is 6.06. The van der Waals surface area contributed by atoms with Gasteiger partial charge < -0.3 is 19.9 Å². The van der Waals surface area contributed by atoms with Crippen molar-refractivity contribution in [3.63, 3.8) is 0 Å². The van der Waals surface area contributed by atoms with E-state index in [1.54, 1.807) is 49.3 Å². The van der Waals surface area contributed by atoms with E-state index in [1.807, 2.05) is 0 Å². The van der Waals surface area contributed by atoms with Crippen molar-refractivity contribution < 1.29 is 14.3 Å². The van der Waals surface area contributed by atoms with Gasteiger partial charge in [-0.15, -0.1) is 0 Å². The number of ether oxygens (including phenoxy) is 1. The Labute approximate surface area is 182 Å². The molecule has 164 valence electrons. The smallest absolute Gasteiger partial charge is 0.338 e. The minimum absolute atomic E-state index is 0.0979. The van der Waals surface area contributed by atoms with E-state index >= 15 is 0 Å². The molecule has 1 aliphatic heterocycles. The monoisotopic (exact) mass is 423 g/mol. The molecule has 4 rings (SSSR count). The maximum Gasteiger partial charge on any atom is 0.338 e. The third-order valence-corrected chi connectivity index (χ3v) is 6.06. The van der Waals surface area contributed by atoms with E-state index in [9.17, 15) is 9.59 Å². The average Bonchev–Trinajstić information content (AvgIpc) is 3.31. The van der Waals surface area contributed by atoms with Crippen LogP contribution in [0.25, 0.3) is 0 Å². The summed E-state index contributed by atoms with van der Waals surface area (Å²) in [6.45, 7) is 4.17. The van der Waals surface area contributed by atoms with Gasteiger partial charge in [-0.2, -0.15) is 4.98 Å². The summed E-state index contributed by atoms with van der Waals surface area (Å²) in [5, 5.41) is 3.22. The fraction of sp³-hybridized carbons (Fsp3) is 0.478. The molecule has 1 aliphatic carbocycles. The zero-order chi connectivity index (χ0) is 22.0. The zero-order valence-electron chi connectivity index (χ0n) is 18.3. The van der Waals surface area contributed by atoms with Crippen LogP contribution in [-0.2, 0) is 9.53 Å². The van der Waals surface area contributed by atoms with E-state index in [1.165, 1.54) is 12.8 Å². The molecule has 1 aromatic heterocycles. The second kappa shape index (κ2) is 8.91. The van der Waals surface area contributed by atoms with Crippen molar-refractivity contribution in [3.05, 3.63) is 36.0 Å². The minimum atomic E-state index is -0.343. The molecule has 1 fully saturated rings. The molecule has 1 atom stereocenters. The molecule has 0 saturated heterocycles. The van der Waals surface area contributed by atoms with Gasteiger partial charge in [0.1, 0.15) is 11.7 Å². The van der Waals surface area contributed by atoms with Gasteiger partial charge in [-0.3, -0.25) is 4.79 Å². The van der Waals surface area contributed by atoms with Crippen LogP contribution in [0.1, 0.15) is 56.3 Å². The number of carbonyl (C=O) groups excluding carboxylic acids is 2. The number of anilines is 4. The predicted molar refractivity (Wildman–Crippen MR) is 120 cm³/mol. The van der Waals surface area contributed by atoms with Gasteiger partial charge in [0.05, 0.1) is 18.4 Å². The van der Waals surface area contributed by atoms with Gasteiger partial charge >= 0.3 is 5.97 Å². The Morgan fingerprint density at radius 2 is 1.90 bits per heavy atom. The zero-order valence-corrected chi connectivity index (χ0v) is 18.3. The van der Waals surface area contributed by atoms with Crippen molar-refractivity contribution >= 4 is 35.0 Å². The number of hydrogen-bond acceptors (Lipinski definition) is 7. The molecule has 1 saturated carbocycles. The van der Waals surface area contributed by atoms with Gasteiger partial charge in [0.2, 0.25) is 11.9 Å². The lowest BCUT2D eigenvalue weighted by Crippen LogP contribution is -2.55. The van der Waals surface area contributed by atoms with Gasteiger partial charge in [0, 0.05) is 18.8 Å². The summed E-state index contributed by atoms with van der Waals surface area (Å²) in [5.74, 6) is 1.02. The fourth-order valence-corrected chi connectivity index (χ4v) is 4.48. The highest BCUT2D eigenvalue weighted by Crippen LogP contribution is 2.39. The highest BCUT2D eigenvalue weighted by atomic mass is 16.5. The quantitative estimate of drug-likeness (QED) is 0.705. The van der Waals surface area contributed by atoms with E-state index in [0.29, 0.717) is 24.2 Å². The van der Waals surface area contributed by atoms with Crippen LogP contribution in [0.3, 0.4) is 0 Å². The molecule has 31 heavy (non-hydrogen) atoms. The molecule has 8 nitrogen and oxygen atoms in total. The normalized spacial score (nSPS) is 18.8. The second-order valence-corrected chi connectivity index (χ2v) is 7.99. The predicted octanol–water partition coefficient (Wildman–Crippen LogP) is 3.90. The van der Waals surface area contributed by atoms with E-state index in [4.69, 9.17) is 9.72 Å². The molecule has 2 aromatic rings. The second-order valence-electron chi connectivity index (χ2n) is 7.99. The van der Waals surface area contributed by atoms with Gasteiger partial charge in [-0.25, -0.2) is 9.78 Å². The number of benzene rings is 1. The average molecular weight is 424 g/mol. The number of aromatic nitrogens is 2. The van der Waals surface area contributed by atoms with E-state index in [0.717, 1.165) is 36.5 Å². The van der Waals surface area contributed by atoms with Crippen molar-refractivity contribution in [2.45, 2.75) is 58.0 Å². The molecular formula is C23H29N5O3. The van der Waals surface area contributed by atoms with Crippen LogP contribution in [0.4, 0.5) is 23.1 Å². The van der Waals surface area contributed by atoms with Crippen LogP contribution in [0.2, 0.25) is 0 Å². The summed E-state index contributed by atoms with van der Waals surface area (Å²) < 4.78 is 5.03. The van der Waals surface area contributed by atoms with Gasteiger partial charge in [0.15, 0.2) is 5.82 Å². The number of fused-ring (bicyclic) bond motifs is 1. The molecule has 0 spiro atoms. The largest absolute Gasteiger partial charge is 0.462 e. The molecule has 2 aliphatic rings. The number of rotatable bonds is 6. The first-order valence-corrected chi connectivity index (χ1v) is 11.0. The molecule has 0 bridgehead atoms. The number of amides is 1. The van der Waals surface area contributed by atoms with Gasteiger partial charge in [-0.1, -0.05) is 19.8 Å². The SMILES string of the molecule is CCOC(=O)c1ccc(Nc2ncc3c(n2)N(C2CCCC2)[C@H](CC)C(=O)N3C)cc1. The standard InChI is InChI=1S/C23H29N5O3/c1-4-18-21(29)27(3)19-14-24-23(26-20(19)28(18)17-8-6-7-9-17)25-16-12-10-15(11-13-16)22(30)31-5-2/h10-14,17-18H,4-9H2,1-3H3,(H,24,25,26)/t18-/m1/s1. The van der Waals surface area contributed by atoms with Crippen LogP contribution < -0.4 is 15.1 Å². The summed E-state index contributed by atoms with van der Waals surface area (Å²) in [5.41, 5.74) is 2.01. The van der Waals surface area contributed by atoms with E-state index in [-0.39, 0.29) is 17.9 Å². The number of nitrogens with one attached hydrogen (secondary N) is 1. The number of likely N-dealkylation sites (N-methyl/N-ethyl adjacent to an activating group) is 1. The van der Waals surface area contributed by atoms with Crippen molar-refractivity contribution in [2.24, 2.45) is 0 Å². The van der Waals surface area contributed by atoms with Crippen LogP contribution in [0.5, 0.6) is 0 Å². The fourth-order valence-electron chi connectivity index (χ4n) is 4.48. The third kappa shape index (κ3) is 4.06. The van der Waals surface area contributed by atoms with E-state index < -0.39 is 0 Å². The van der Waals surface area contributed by atoms with Crippen molar-refractivity contribution in [2.75, 3.05) is 28.8 Å². The first kappa shape index (κ1) is 21.1. The lowest BCUT2D eigenvalue weighted by molar-refractivity contribution is -0.120. The number of carbonyl (C=O) groups is 2. The topological polar surface area (TPSA) is 87.7 Å². The summed E-state index contributed by atoms with van der Waals surface area (Å²) in [4.78, 5) is 38.0. The molecule has 1 aromatic carbocycles. The van der Waals surface area contributed by atoms with Crippen LogP contribution >= 0.6 is 0 Å². The lowest BCUT2D eigenvalue weighted by atomic mass is 10.0. The maximum absolute atomic E-state index is 13.0. The Kier molecular flexibility index (Phi) is 6.06. The molecule has 8 heteroatoms. The molecular weight excluding hydrogens is 394 g/mol. The first-order chi connectivity index (χ1) is 15.0. The van der Waals surface area contributed by atoms with E-state index in [2.05, 4.69) is 22.1 Å².